The zero-order valence-electron chi connectivity index (χ0n) is 11.0. The summed E-state index contributed by atoms with van der Waals surface area (Å²) in [6.07, 6.45) is 11.6. The number of rotatable bonds is 8. The van der Waals surface area contributed by atoms with Crippen LogP contribution in [0.3, 0.4) is 0 Å². The fourth-order valence-electron chi connectivity index (χ4n) is 2.83. The van der Waals surface area contributed by atoms with Gasteiger partial charge in [0.1, 0.15) is 0 Å². The largest absolute Gasteiger partial charge is 0.377 e. The summed E-state index contributed by atoms with van der Waals surface area (Å²) in [4.78, 5) is 0. The van der Waals surface area contributed by atoms with Crippen LogP contribution in [-0.2, 0) is 9.47 Å². The second kappa shape index (κ2) is 8.06. The molecule has 0 aromatic heterocycles. The quantitative estimate of drug-likeness (QED) is 0.662. The Hall–Kier alpha value is -0.120. The fourth-order valence-corrected chi connectivity index (χ4v) is 2.83. The summed E-state index contributed by atoms with van der Waals surface area (Å²) in [5.74, 6) is 0. The third-order valence-corrected chi connectivity index (χ3v) is 3.87. The van der Waals surface area contributed by atoms with Crippen LogP contribution >= 0.6 is 0 Å². The van der Waals surface area contributed by atoms with Gasteiger partial charge in [-0.1, -0.05) is 25.7 Å². The van der Waals surface area contributed by atoms with Gasteiger partial charge in [-0.15, -0.1) is 0 Å². The van der Waals surface area contributed by atoms with Gasteiger partial charge in [-0.3, -0.25) is 0 Å². The molecule has 0 spiro atoms. The fraction of sp³-hybridized carbons (Fsp3) is 1.00. The van der Waals surface area contributed by atoms with Crippen LogP contribution in [0.15, 0.2) is 0 Å². The van der Waals surface area contributed by atoms with Crippen LogP contribution in [0.1, 0.15) is 51.4 Å². The van der Waals surface area contributed by atoms with E-state index in [4.69, 9.17) is 9.47 Å². The maximum absolute atomic E-state index is 5.78. The third-order valence-electron chi connectivity index (χ3n) is 3.87. The van der Waals surface area contributed by atoms with Crippen LogP contribution in [0.4, 0.5) is 0 Å². The molecule has 1 N–H and O–H groups in total. The third kappa shape index (κ3) is 5.36. The van der Waals surface area contributed by atoms with Gasteiger partial charge >= 0.3 is 0 Å². The van der Waals surface area contributed by atoms with E-state index in [0.717, 1.165) is 26.3 Å². The summed E-state index contributed by atoms with van der Waals surface area (Å²) >= 11 is 0. The van der Waals surface area contributed by atoms with Crippen molar-refractivity contribution >= 4 is 0 Å². The Morgan fingerprint density at radius 1 is 0.706 bits per heavy atom. The molecule has 0 amide bonds. The van der Waals surface area contributed by atoms with Crippen molar-refractivity contribution in [1.82, 2.24) is 5.32 Å². The Morgan fingerprint density at radius 2 is 1.12 bits per heavy atom. The number of ether oxygens (including phenoxy) is 2. The molecule has 0 saturated heterocycles. The van der Waals surface area contributed by atoms with Gasteiger partial charge in [0.15, 0.2) is 0 Å². The number of hydrogen-bond donors (Lipinski definition) is 1. The van der Waals surface area contributed by atoms with E-state index >= 15 is 0 Å². The Kier molecular flexibility index (Phi) is 6.32. The molecule has 2 rings (SSSR count). The molecule has 17 heavy (non-hydrogen) atoms. The Balaban J connectivity index is 1.33. The number of nitrogens with one attached hydrogen (secondary N) is 1. The van der Waals surface area contributed by atoms with E-state index in [-0.39, 0.29) is 0 Å². The van der Waals surface area contributed by atoms with E-state index in [1.54, 1.807) is 0 Å². The molecule has 3 heteroatoms. The van der Waals surface area contributed by atoms with Gasteiger partial charge in [-0.05, 0) is 25.7 Å². The summed E-state index contributed by atoms with van der Waals surface area (Å²) in [5.41, 5.74) is 0. The SMILES string of the molecule is C1CCC(OCCNCCOC2CCCC2)C1. The zero-order valence-corrected chi connectivity index (χ0v) is 11.0. The first-order valence-electron chi connectivity index (χ1n) is 7.39. The van der Waals surface area contributed by atoms with Crippen molar-refractivity contribution in [1.29, 1.82) is 0 Å². The van der Waals surface area contributed by atoms with Gasteiger partial charge in [0.05, 0.1) is 25.4 Å². The standard InChI is InChI=1S/C14H27NO2/c1-2-6-13(5-1)16-11-9-15-10-12-17-14-7-3-4-8-14/h13-15H,1-12H2. The molecule has 0 unspecified atom stereocenters. The normalized spacial score (nSPS) is 22.6. The molecule has 0 aromatic carbocycles. The summed E-state index contributed by atoms with van der Waals surface area (Å²) < 4.78 is 11.6. The lowest BCUT2D eigenvalue weighted by Crippen LogP contribution is -2.26. The molecule has 0 aromatic rings. The van der Waals surface area contributed by atoms with Crippen LogP contribution in [0, 0.1) is 0 Å². The van der Waals surface area contributed by atoms with Gasteiger partial charge in [0.2, 0.25) is 0 Å². The molecule has 3 nitrogen and oxygen atoms in total. The average Bonchev–Trinajstić information content (AvgIpc) is 3.00. The Labute approximate surface area is 105 Å². The second-order valence-electron chi connectivity index (χ2n) is 5.30. The number of hydrogen-bond acceptors (Lipinski definition) is 3. The zero-order chi connectivity index (χ0) is 11.8. The summed E-state index contributed by atoms with van der Waals surface area (Å²) in [6.45, 7) is 3.64. The summed E-state index contributed by atoms with van der Waals surface area (Å²) in [6, 6.07) is 0. The van der Waals surface area contributed by atoms with Gasteiger partial charge < -0.3 is 14.8 Å². The second-order valence-corrected chi connectivity index (χ2v) is 5.30. The molecular formula is C14H27NO2. The van der Waals surface area contributed by atoms with E-state index in [2.05, 4.69) is 5.32 Å². The lowest BCUT2D eigenvalue weighted by Gasteiger charge is -2.13. The summed E-state index contributed by atoms with van der Waals surface area (Å²) in [7, 11) is 0. The lowest BCUT2D eigenvalue weighted by atomic mass is 10.3. The molecule has 2 aliphatic carbocycles. The molecule has 2 fully saturated rings. The van der Waals surface area contributed by atoms with Crippen molar-refractivity contribution in [3.8, 4) is 0 Å². The maximum atomic E-state index is 5.78. The first-order valence-corrected chi connectivity index (χ1v) is 7.39. The average molecular weight is 241 g/mol. The molecule has 0 bridgehead atoms. The lowest BCUT2D eigenvalue weighted by molar-refractivity contribution is 0.0495. The minimum absolute atomic E-state index is 0.548. The van der Waals surface area contributed by atoms with Crippen LogP contribution in [0.5, 0.6) is 0 Å². The van der Waals surface area contributed by atoms with Crippen LogP contribution in [0.25, 0.3) is 0 Å². The van der Waals surface area contributed by atoms with E-state index in [1.807, 2.05) is 0 Å². The van der Waals surface area contributed by atoms with Gasteiger partial charge in [-0.25, -0.2) is 0 Å². The predicted octanol–water partition coefficient (Wildman–Crippen LogP) is 2.49. The minimum Gasteiger partial charge on any atom is -0.377 e. The molecular weight excluding hydrogens is 214 g/mol. The highest BCUT2D eigenvalue weighted by molar-refractivity contribution is 4.67. The van der Waals surface area contributed by atoms with Crippen molar-refractivity contribution in [2.45, 2.75) is 63.6 Å². The topological polar surface area (TPSA) is 30.5 Å². The van der Waals surface area contributed by atoms with Crippen molar-refractivity contribution < 1.29 is 9.47 Å². The highest BCUT2D eigenvalue weighted by Crippen LogP contribution is 2.21. The first-order chi connectivity index (χ1) is 8.45. The molecule has 2 aliphatic rings. The van der Waals surface area contributed by atoms with Crippen LogP contribution in [-0.4, -0.2) is 38.5 Å². The van der Waals surface area contributed by atoms with Crippen molar-refractivity contribution in [3.05, 3.63) is 0 Å². The van der Waals surface area contributed by atoms with E-state index in [1.165, 1.54) is 51.4 Å². The monoisotopic (exact) mass is 241 g/mol. The molecule has 2 saturated carbocycles. The molecule has 0 heterocycles. The van der Waals surface area contributed by atoms with Crippen molar-refractivity contribution in [2.24, 2.45) is 0 Å². The van der Waals surface area contributed by atoms with Crippen molar-refractivity contribution in [3.63, 3.8) is 0 Å². The maximum Gasteiger partial charge on any atom is 0.0594 e. The molecule has 0 aliphatic heterocycles. The van der Waals surface area contributed by atoms with Gasteiger partial charge in [0, 0.05) is 13.1 Å². The highest BCUT2D eigenvalue weighted by Gasteiger charge is 2.15. The summed E-state index contributed by atoms with van der Waals surface area (Å²) in [5, 5.41) is 3.38. The van der Waals surface area contributed by atoms with Gasteiger partial charge in [-0.2, -0.15) is 0 Å². The minimum atomic E-state index is 0.548. The van der Waals surface area contributed by atoms with Crippen LogP contribution < -0.4 is 5.32 Å². The molecule has 0 radical (unpaired) electrons. The first kappa shape index (κ1) is 13.3. The van der Waals surface area contributed by atoms with Crippen LogP contribution in [0.2, 0.25) is 0 Å². The van der Waals surface area contributed by atoms with Crippen molar-refractivity contribution in [2.75, 3.05) is 26.3 Å². The Bertz CT molecular complexity index is 167. The smallest absolute Gasteiger partial charge is 0.0594 e. The predicted molar refractivity (Wildman–Crippen MR) is 69.3 cm³/mol. The highest BCUT2D eigenvalue weighted by atomic mass is 16.5. The van der Waals surface area contributed by atoms with E-state index in [9.17, 15) is 0 Å². The van der Waals surface area contributed by atoms with E-state index < -0.39 is 0 Å². The van der Waals surface area contributed by atoms with E-state index in [0.29, 0.717) is 12.2 Å². The molecule has 0 atom stereocenters. The van der Waals surface area contributed by atoms with Gasteiger partial charge in [0.25, 0.3) is 0 Å². The molecule has 100 valence electrons. The Morgan fingerprint density at radius 3 is 1.53 bits per heavy atom.